The number of amides is 3. The summed E-state index contributed by atoms with van der Waals surface area (Å²) in [5, 5.41) is 10.5. The highest BCUT2D eigenvalue weighted by Gasteiger charge is 2.09. The predicted octanol–water partition coefficient (Wildman–Crippen LogP) is 0.938. The number of hydrogen-bond acceptors (Lipinski definition) is 4. The third kappa shape index (κ3) is 4.05. The molecule has 6 nitrogen and oxygen atoms in total. The van der Waals surface area contributed by atoms with Gasteiger partial charge in [0.2, 0.25) is 0 Å². The minimum atomic E-state index is -1.01. The molecule has 0 aliphatic heterocycles. The van der Waals surface area contributed by atoms with Gasteiger partial charge in [0.05, 0.1) is 6.26 Å². The minimum Gasteiger partial charge on any atom is -0.465 e. The molecule has 0 unspecified atom stereocenters. The van der Waals surface area contributed by atoms with Crippen molar-refractivity contribution in [1.29, 1.82) is 5.26 Å². The first-order valence-corrected chi connectivity index (χ1v) is 4.56. The van der Waals surface area contributed by atoms with Gasteiger partial charge in [-0.25, -0.2) is 4.79 Å². The summed E-state index contributed by atoms with van der Waals surface area (Å²) in [5.41, 5.74) is 4.52. The van der Waals surface area contributed by atoms with Crippen molar-refractivity contribution in [3.05, 3.63) is 41.9 Å². The van der Waals surface area contributed by atoms with Gasteiger partial charge in [-0.2, -0.15) is 5.26 Å². The van der Waals surface area contributed by atoms with Crippen LogP contribution in [0.25, 0.3) is 6.08 Å². The van der Waals surface area contributed by atoms with E-state index in [1.807, 2.05) is 0 Å². The highest BCUT2D eigenvalue weighted by molar-refractivity contribution is 6.05. The molecule has 1 aromatic heterocycles. The van der Waals surface area contributed by atoms with Gasteiger partial charge < -0.3 is 10.2 Å². The average molecular weight is 231 g/mol. The molecule has 1 heterocycles. The van der Waals surface area contributed by atoms with Crippen LogP contribution < -0.4 is 11.1 Å². The lowest BCUT2D eigenvalue weighted by Crippen LogP contribution is -2.35. The Bertz CT molecular complexity index is 507. The van der Waals surface area contributed by atoms with Crippen LogP contribution in [-0.4, -0.2) is 11.9 Å². The molecule has 0 bridgehead atoms. The Kier molecular flexibility index (Phi) is 4.27. The van der Waals surface area contributed by atoms with Crippen molar-refractivity contribution in [1.82, 2.24) is 5.32 Å². The monoisotopic (exact) mass is 231 g/mol. The number of carbonyl (C=O) groups excluding carboxylic acids is 2. The number of allylic oxidation sites excluding steroid dienone is 2. The number of nitrogens with zero attached hydrogens (tertiary/aromatic N) is 1. The highest BCUT2D eigenvalue weighted by Crippen LogP contribution is 2.03. The van der Waals surface area contributed by atoms with Gasteiger partial charge in [-0.3, -0.25) is 10.1 Å². The molecule has 0 saturated heterocycles. The van der Waals surface area contributed by atoms with E-state index >= 15 is 0 Å². The highest BCUT2D eigenvalue weighted by atomic mass is 16.3. The van der Waals surface area contributed by atoms with Crippen LogP contribution in [0.5, 0.6) is 0 Å². The van der Waals surface area contributed by atoms with E-state index in [0.717, 1.165) is 0 Å². The summed E-state index contributed by atoms with van der Waals surface area (Å²) in [6.45, 7) is 0. The zero-order valence-electron chi connectivity index (χ0n) is 8.71. The fourth-order valence-electron chi connectivity index (χ4n) is 0.968. The normalized spacial score (nSPS) is 11.1. The van der Waals surface area contributed by atoms with Crippen LogP contribution in [0.2, 0.25) is 0 Å². The van der Waals surface area contributed by atoms with Crippen LogP contribution in [0.15, 0.2) is 40.5 Å². The lowest BCUT2D eigenvalue weighted by atomic mass is 10.2. The van der Waals surface area contributed by atoms with Crippen LogP contribution in [0.4, 0.5) is 4.79 Å². The lowest BCUT2D eigenvalue weighted by Gasteiger charge is -1.96. The summed E-state index contributed by atoms with van der Waals surface area (Å²) in [6.07, 6.45) is 5.77. The van der Waals surface area contributed by atoms with Gasteiger partial charge in [0, 0.05) is 0 Å². The van der Waals surface area contributed by atoms with Crippen LogP contribution in [0.3, 0.4) is 0 Å². The van der Waals surface area contributed by atoms with Crippen LogP contribution in [-0.2, 0) is 4.79 Å². The number of nitriles is 1. The first-order chi connectivity index (χ1) is 8.13. The van der Waals surface area contributed by atoms with E-state index in [2.05, 4.69) is 0 Å². The number of imide groups is 1. The Hall–Kier alpha value is -2.81. The minimum absolute atomic E-state index is 0.230. The van der Waals surface area contributed by atoms with Gasteiger partial charge in [-0.15, -0.1) is 0 Å². The third-order valence-corrected chi connectivity index (χ3v) is 1.67. The second-order valence-corrected chi connectivity index (χ2v) is 2.89. The third-order valence-electron chi connectivity index (χ3n) is 1.67. The van der Waals surface area contributed by atoms with E-state index < -0.39 is 11.9 Å². The summed E-state index contributed by atoms with van der Waals surface area (Å²) < 4.78 is 5.00. The summed E-state index contributed by atoms with van der Waals surface area (Å²) in [4.78, 5) is 21.6. The number of rotatable bonds is 3. The number of hydrogen-bond donors (Lipinski definition) is 2. The Morgan fingerprint density at radius 3 is 2.82 bits per heavy atom. The lowest BCUT2D eigenvalue weighted by molar-refractivity contribution is -0.116. The molecule has 0 atom stereocenters. The van der Waals surface area contributed by atoms with Crippen molar-refractivity contribution >= 4 is 18.0 Å². The standard InChI is InChI=1S/C11H9N3O3/c12-7-8(10(15)14-11(13)16)3-1-4-9-5-2-6-17-9/h1-6H,(H3,13,14,15,16)/b4-1+,8-3-. The molecular formula is C11H9N3O3. The quantitative estimate of drug-likeness (QED) is 0.458. The van der Waals surface area contributed by atoms with Crippen molar-refractivity contribution in [3.63, 3.8) is 0 Å². The van der Waals surface area contributed by atoms with E-state index in [1.165, 1.54) is 18.4 Å². The summed E-state index contributed by atoms with van der Waals surface area (Å²) in [7, 11) is 0. The van der Waals surface area contributed by atoms with E-state index in [4.69, 9.17) is 15.4 Å². The van der Waals surface area contributed by atoms with Gasteiger partial charge in [-0.1, -0.05) is 6.08 Å². The maximum Gasteiger partial charge on any atom is 0.319 e. The Morgan fingerprint density at radius 2 is 2.29 bits per heavy atom. The molecule has 0 radical (unpaired) electrons. The fraction of sp³-hybridized carbons (Fsp3) is 0. The molecule has 6 heteroatoms. The second kappa shape index (κ2) is 5.92. The number of furan rings is 1. The van der Waals surface area contributed by atoms with Crippen molar-refractivity contribution in [3.8, 4) is 6.07 Å². The van der Waals surface area contributed by atoms with Gasteiger partial charge in [-0.05, 0) is 24.3 Å². The number of carbonyl (C=O) groups is 2. The average Bonchev–Trinajstić information content (AvgIpc) is 2.76. The van der Waals surface area contributed by atoms with Crippen LogP contribution in [0.1, 0.15) is 5.76 Å². The second-order valence-electron chi connectivity index (χ2n) is 2.89. The molecule has 1 rings (SSSR count). The maximum absolute atomic E-state index is 11.2. The smallest absolute Gasteiger partial charge is 0.319 e. The number of urea groups is 1. The topological polar surface area (TPSA) is 109 Å². The van der Waals surface area contributed by atoms with Crippen molar-refractivity contribution < 1.29 is 14.0 Å². The molecule has 1 aromatic rings. The van der Waals surface area contributed by atoms with Crippen molar-refractivity contribution in [2.24, 2.45) is 5.73 Å². The molecule has 0 saturated carbocycles. The molecule has 0 aromatic carbocycles. The SMILES string of the molecule is N#C/C(=C/C=C/c1ccco1)C(=O)NC(N)=O. The zero-order valence-corrected chi connectivity index (χ0v) is 8.71. The summed E-state index contributed by atoms with van der Waals surface area (Å²) >= 11 is 0. The van der Waals surface area contributed by atoms with E-state index in [1.54, 1.807) is 29.6 Å². The molecular weight excluding hydrogens is 222 g/mol. The Morgan fingerprint density at radius 1 is 1.53 bits per heavy atom. The van der Waals surface area contributed by atoms with Gasteiger partial charge in [0.15, 0.2) is 0 Å². The molecule has 3 amide bonds. The van der Waals surface area contributed by atoms with E-state index in [-0.39, 0.29) is 5.57 Å². The molecule has 0 fully saturated rings. The van der Waals surface area contributed by atoms with E-state index in [0.29, 0.717) is 5.76 Å². The number of primary amides is 1. The largest absolute Gasteiger partial charge is 0.465 e. The van der Waals surface area contributed by atoms with E-state index in [9.17, 15) is 9.59 Å². The maximum atomic E-state index is 11.2. The molecule has 0 spiro atoms. The van der Waals surface area contributed by atoms with Crippen LogP contribution >= 0.6 is 0 Å². The first kappa shape index (κ1) is 12.3. The number of nitrogens with one attached hydrogen (secondary N) is 1. The van der Waals surface area contributed by atoms with Gasteiger partial charge in [0.25, 0.3) is 5.91 Å². The summed E-state index contributed by atoms with van der Waals surface area (Å²) in [5.74, 6) is -0.266. The fourth-order valence-corrected chi connectivity index (χ4v) is 0.968. The predicted molar refractivity (Wildman–Crippen MR) is 59.2 cm³/mol. The molecule has 0 aliphatic rings. The Balaban J connectivity index is 2.71. The van der Waals surface area contributed by atoms with Crippen molar-refractivity contribution in [2.45, 2.75) is 0 Å². The zero-order chi connectivity index (χ0) is 12.7. The number of nitrogens with two attached hydrogens (primary N) is 1. The summed E-state index contributed by atoms with van der Waals surface area (Å²) in [6, 6.07) is 4.05. The Labute approximate surface area is 97.0 Å². The van der Waals surface area contributed by atoms with Gasteiger partial charge in [0.1, 0.15) is 17.4 Å². The first-order valence-electron chi connectivity index (χ1n) is 4.56. The van der Waals surface area contributed by atoms with Gasteiger partial charge >= 0.3 is 6.03 Å². The van der Waals surface area contributed by atoms with Crippen LogP contribution in [0, 0.1) is 11.3 Å². The molecule has 0 aliphatic carbocycles. The van der Waals surface area contributed by atoms with Crippen molar-refractivity contribution in [2.75, 3.05) is 0 Å². The molecule has 3 N–H and O–H groups in total. The molecule has 17 heavy (non-hydrogen) atoms. The molecule has 86 valence electrons.